The molecule has 0 atom stereocenters. The summed E-state index contributed by atoms with van der Waals surface area (Å²) in [4.78, 5) is 6.81. The van der Waals surface area contributed by atoms with Crippen molar-refractivity contribution in [1.82, 2.24) is 4.90 Å². The second-order valence-electron chi connectivity index (χ2n) is 2.59. The molecular formula is C8H16N2S. The van der Waals surface area contributed by atoms with Crippen molar-refractivity contribution in [2.45, 2.75) is 13.8 Å². The molecule has 0 saturated heterocycles. The van der Waals surface area contributed by atoms with Gasteiger partial charge in [0.05, 0.1) is 5.04 Å². The molecule has 0 bridgehead atoms. The first-order valence-corrected chi connectivity index (χ1v) is 5.23. The smallest absolute Gasteiger partial charge is 0.0817 e. The van der Waals surface area contributed by atoms with Crippen molar-refractivity contribution in [2.75, 3.05) is 31.9 Å². The number of rotatable bonds is 4. The van der Waals surface area contributed by atoms with Crippen molar-refractivity contribution < 1.29 is 0 Å². The quantitative estimate of drug-likeness (QED) is 0.638. The molecule has 0 N–H and O–H groups in total. The Morgan fingerprint density at radius 1 is 1.45 bits per heavy atom. The Balaban J connectivity index is 2.27. The topological polar surface area (TPSA) is 15.6 Å². The summed E-state index contributed by atoms with van der Waals surface area (Å²) in [5.74, 6) is 1.19. The maximum absolute atomic E-state index is 4.41. The van der Waals surface area contributed by atoms with Crippen molar-refractivity contribution in [2.24, 2.45) is 4.99 Å². The van der Waals surface area contributed by atoms with Gasteiger partial charge in [0, 0.05) is 18.8 Å². The lowest BCUT2D eigenvalue weighted by molar-refractivity contribution is 0.349. The van der Waals surface area contributed by atoms with Gasteiger partial charge in [-0.05, 0) is 13.1 Å². The van der Waals surface area contributed by atoms with Crippen molar-refractivity contribution in [3.05, 3.63) is 0 Å². The van der Waals surface area contributed by atoms with Gasteiger partial charge in [-0.2, -0.15) is 0 Å². The van der Waals surface area contributed by atoms with Crippen LogP contribution in [0.5, 0.6) is 0 Å². The summed E-state index contributed by atoms with van der Waals surface area (Å²) >= 11 is 1.91. The monoisotopic (exact) mass is 172 g/mol. The molecule has 2 nitrogen and oxygen atoms in total. The van der Waals surface area contributed by atoms with E-state index in [0.717, 1.165) is 26.2 Å². The van der Waals surface area contributed by atoms with Crippen molar-refractivity contribution >= 4 is 16.8 Å². The number of thioether (sulfide) groups is 1. The van der Waals surface area contributed by atoms with E-state index >= 15 is 0 Å². The third-order valence-corrected chi connectivity index (χ3v) is 2.88. The Morgan fingerprint density at radius 2 is 2.18 bits per heavy atom. The van der Waals surface area contributed by atoms with E-state index in [-0.39, 0.29) is 0 Å². The molecule has 11 heavy (non-hydrogen) atoms. The third-order valence-electron chi connectivity index (χ3n) is 1.90. The highest BCUT2D eigenvalue weighted by molar-refractivity contribution is 8.14. The lowest BCUT2D eigenvalue weighted by Crippen LogP contribution is -2.27. The fourth-order valence-corrected chi connectivity index (χ4v) is 1.99. The standard InChI is InChI=1S/C8H16N2S/c1-3-10(4-2)7-8-9-5-6-11-8/h3-7H2,1-2H3. The van der Waals surface area contributed by atoms with Crippen LogP contribution >= 0.6 is 11.8 Å². The Hall–Kier alpha value is -0.0200. The minimum Gasteiger partial charge on any atom is -0.298 e. The molecule has 3 heteroatoms. The zero-order valence-corrected chi connectivity index (χ0v) is 8.15. The highest BCUT2D eigenvalue weighted by Crippen LogP contribution is 2.12. The van der Waals surface area contributed by atoms with E-state index in [1.54, 1.807) is 0 Å². The van der Waals surface area contributed by atoms with Crippen LogP contribution in [0.15, 0.2) is 4.99 Å². The largest absolute Gasteiger partial charge is 0.298 e. The molecule has 0 spiro atoms. The van der Waals surface area contributed by atoms with Crippen LogP contribution in [0.1, 0.15) is 13.8 Å². The van der Waals surface area contributed by atoms with Crippen LogP contribution < -0.4 is 0 Å². The van der Waals surface area contributed by atoms with Crippen LogP contribution in [0.25, 0.3) is 0 Å². The van der Waals surface area contributed by atoms with Gasteiger partial charge >= 0.3 is 0 Å². The molecule has 0 aliphatic carbocycles. The average molecular weight is 172 g/mol. The molecule has 0 aromatic carbocycles. The third kappa shape index (κ3) is 2.83. The molecule has 0 fully saturated rings. The van der Waals surface area contributed by atoms with Crippen LogP contribution in [0, 0.1) is 0 Å². The van der Waals surface area contributed by atoms with E-state index in [1.807, 2.05) is 11.8 Å². The molecule has 0 saturated carbocycles. The number of hydrogen-bond donors (Lipinski definition) is 0. The van der Waals surface area contributed by atoms with E-state index < -0.39 is 0 Å². The van der Waals surface area contributed by atoms with Crippen LogP contribution in [0.4, 0.5) is 0 Å². The van der Waals surface area contributed by atoms with Gasteiger partial charge in [0.25, 0.3) is 0 Å². The van der Waals surface area contributed by atoms with Crippen LogP contribution in [0.2, 0.25) is 0 Å². The Labute approximate surface area is 73.1 Å². The van der Waals surface area contributed by atoms with Crippen LogP contribution in [-0.2, 0) is 0 Å². The lowest BCUT2D eigenvalue weighted by Gasteiger charge is -2.16. The second kappa shape index (κ2) is 4.78. The lowest BCUT2D eigenvalue weighted by atomic mass is 10.5. The van der Waals surface area contributed by atoms with E-state index in [1.165, 1.54) is 10.8 Å². The molecule has 64 valence electrons. The molecule has 0 aromatic heterocycles. The molecule has 0 radical (unpaired) electrons. The van der Waals surface area contributed by atoms with E-state index in [2.05, 4.69) is 23.7 Å². The zero-order valence-electron chi connectivity index (χ0n) is 7.34. The number of hydrogen-bond acceptors (Lipinski definition) is 3. The predicted molar refractivity (Wildman–Crippen MR) is 52.5 cm³/mol. The molecular weight excluding hydrogens is 156 g/mol. The van der Waals surface area contributed by atoms with Gasteiger partial charge in [-0.15, -0.1) is 11.8 Å². The first-order valence-electron chi connectivity index (χ1n) is 4.25. The molecule has 0 amide bonds. The van der Waals surface area contributed by atoms with Gasteiger partial charge in [-0.1, -0.05) is 13.8 Å². The van der Waals surface area contributed by atoms with Gasteiger partial charge in [-0.3, -0.25) is 9.89 Å². The van der Waals surface area contributed by atoms with Gasteiger partial charge < -0.3 is 0 Å². The van der Waals surface area contributed by atoms with Crippen molar-refractivity contribution in [3.8, 4) is 0 Å². The summed E-state index contributed by atoms with van der Waals surface area (Å²) in [5.41, 5.74) is 0. The fourth-order valence-electron chi connectivity index (χ4n) is 1.11. The van der Waals surface area contributed by atoms with E-state index in [9.17, 15) is 0 Å². The first kappa shape index (κ1) is 9.07. The number of aliphatic imine (C=N–C) groups is 1. The molecule has 0 aromatic rings. The summed E-state index contributed by atoms with van der Waals surface area (Å²) < 4.78 is 0. The number of nitrogens with zero attached hydrogens (tertiary/aromatic N) is 2. The van der Waals surface area contributed by atoms with Crippen molar-refractivity contribution in [3.63, 3.8) is 0 Å². The van der Waals surface area contributed by atoms with Gasteiger partial charge in [0.1, 0.15) is 0 Å². The summed E-state index contributed by atoms with van der Waals surface area (Å²) in [6, 6.07) is 0. The SMILES string of the molecule is CCN(CC)CC1=NCCS1. The Kier molecular flexibility index (Phi) is 3.94. The minimum atomic E-state index is 1.03. The molecule has 1 heterocycles. The van der Waals surface area contributed by atoms with E-state index in [4.69, 9.17) is 0 Å². The normalized spacial score (nSPS) is 17.5. The highest BCUT2D eigenvalue weighted by atomic mass is 32.2. The maximum Gasteiger partial charge on any atom is 0.0817 e. The maximum atomic E-state index is 4.41. The first-order chi connectivity index (χ1) is 5.36. The highest BCUT2D eigenvalue weighted by Gasteiger charge is 2.09. The van der Waals surface area contributed by atoms with Gasteiger partial charge in [0.15, 0.2) is 0 Å². The summed E-state index contributed by atoms with van der Waals surface area (Å²) in [6.45, 7) is 8.76. The second-order valence-corrected chi connectivity index (χ2v) is 3.75. The summed E-state index contributed by atoms with van der Waals surface area (Å²) in [7, 11) is 0. The fraction of sp³-hybridized carbons (Fsp3) is 0.875. The summed E-state index contributed by atoms with van der Waals surface area (Å²) in [6.07, 6.45) is 0. The Bertz CT molecular complexity index is 141. The van der Waals surface area contributed by atoms with Gasteiger partial charge in [0.2, 0.25) is 0 Å². The average Bonchev–Trinajstić information content (AvgIpc) is 2.52. The van der Waals surface area contributed by atoms with Gasteiger partial charge in [-0.25, -0.2) is 0 Å². The molecule has 1 aliphatic rings. The van der Waals surface area contributed by atoms with E-state index in [0.29, 0.717) is 0 Å². The Morgan fingerprint density at radius 3 is 2.64 bits per heavy atom. The molecule has 1 aliphatic heterocycles. The van der Waals surface area contributed by atoms with Crippen molar-refractivity contribution in [1.29, 1.82) is 0 Å². The molecule has 0 unspecified atom stereocenters. The van der Waals surface area contributed by atoms with Crippen LogP contribution in [-0.4, -0.2) is 41.9 Å². The van der Waals surface area contributed by atoms with Crippen LogP contribution in [0.3, 0.4) is 0 Å². The minimum absolute atomic E-state index is 1.03. The molecule has 1 rings (SSSR count). The zero-order chi connectivity index (χ0) is 8.10. The predicted octanol–water partition coefficient (Wildman–Crippen LogP) is 1.47. The summed E-state index contributed by atoms with van der Waals surface area (Å²) in [5, 5.41) is 1.33.